The van der Waals surface area contributed by atoms with Gasteiger partial charge in [-0.3, -0.25) is 4.99 Å². The van der Waals surface area contributed by atoms with Crippen LogP contribution in [0.4, 0.5) is 0 Å². The maximum Gasteiger partial charge on any atom is 0.190 e. The lowest BCUT2D eigenvalue weighted by molar-refractivity contribution is 0.776. The highest BCUT2D eigenvalue weighted by Crippen LogP contribution is 2.10. The zero-order valence-electron chi connectivity index (χ0n) is 15.9. The van der Waals surface area contributed by atoms with Crippen molar-refractivity contribution < 1.29 is 0 Å². The van der Waals surface area contributed by atoms with Crippen LogP contribution >= 0.6 is 11.3 Å². The monoisotopic (exact) mass is 382 g/mol. The second-order valence-corrected chi connectivity index (χ2v) is 7.07. The van der Waals surface area contributed by atoms with Crippen molar-refractivity contribution in [2.75, 3.05) is 20.1 Å². The number of hydrogen-bond donors (Lipinski definition) is 2. The minimum absolute atomic E-state index is 0.825. The van der Waals surface area contributed by atoms with Crippen molar-refractivity contribution in [2.45, 2.75) is 26.2 Å². The normalized spacial score (nSPS) is 11.6. The maximum atomic E-state index is 4.59. The van der Waals surface area contributed by atoms with Crippen LogP contribution in [0.1, 0.15) is 23.2 Å². The van der Waals surface area contributed by atoms with Gasteiger partial charge < -0.3 is 10.6 Å². The molecule has 0 spiro atoms. The Balaban J connectivity index is 1.39. The Hall–Kier alpha value is -2.67. The van der Waals surface area contributed by atoms with Gasteiger partial charge in [0.15, 0.2) is 5.96 Å². The molecular weight excluding hydrogens is 356 g/mol. The van der Waals surface area contributed by atoms with Gasteiger partial charge in [-0.1, -0.05) is 19.1 Å². The summed E-state index contributed by atoms with van der Waals surface area (Å²) in [6.07, 6.45) is 6.58. The van der Waals surface area contributed by atoms with Crippen LogP contribution in [0.25, 0.3) is 5.69 Å². The fourth-order valence-electron chi connectivity index (χ4n) is 2.72. The van der Waals surface area contributed by atoms with E-state index in [2.05, 4.69) is 62.3 Å². The van der Waals surface area contributed by atoms with Gasteiger partial charge in [-0.05, 0) is 36.6 Å². The van der Waals surface area contributed by atoms with Gasteiger partial charge in [0, 0.05) is 44.3 Å². The van der Waals surface area contributed by atoms with Crippen molar-refractivity contribution in [1.82, 2.24) is 25.4 Å². The number of hydrogen-bond acceptors (Lipinski definition) is 4. The minimum atomic E-state index is 0.825. The van der Waals surface area contributed by atoms with Gasteiger partial charge in [-0.25, -0.2) is 9.67 Å². The molecule has 0 fully saturated rings. The summed E-state index contributed by atoms with van der Waals surface area (Å²) in [6.45, 7) is 3.79. The molecule has 0 bridgehead atoms. The van der Waals surface area contributed by atoms with Crippen LogP contribution in [-0.4, -0.2) is 40.9 Å². The third kappa shape index (κ3) is 5.65. The van der Waals surface area contributed by atoms with E-state index in [1.165, 1.54) is 10.6 Å². The summed E-state index contributed by atoms with van der Waals surface area (Å²) in [5, 5.41) is 14.3. The third-order valence-corrected chi connectivity index (χ3v) is 5.25. The lowest BCUT2D eigenvalue weighted by Gasteiger charge is -2.11. The fraction of sp³-hybridized carbons (Fsp3) is 0.350. The number of benzene rings is 1. The van der Waals surface area contributed by atoms with Crippen molar-refractivity contribution >= 4 is 17.3 Å². The van der Waals surface area contributed by atoms with E-state index in [4.69, 9.17) is 0 Å². The van der Waals surface area contributed by atoms with Gasteiger partial charge in [0.05, 0.1) is 16.4 Å². The van der Waals surface area contributed by atoms with Crippen LogP contribution < -0.4 is 10.6 Å². The minimum Gasteiger partial charge on any atom is -0.356 e. The number of aromatic nitrogens is 3. The van der Waals surface area contributed by atoms with E-state index in [1.807, 2.05) is 16.9 Å². The average Bonchev–Trinajstić information content (AvgIpc) is 3.39. The Morgan fingerprint density at radius 3 is 2.56 bits per heavy atom. The maximum absolute atomic E-state index is 4.59. The summed E-state index contributed by atoms with van der Waals surface area (Å²) in [5.41, 5.74) is 3.50. The molecule has 3 rings (SSSR count). The van der Waals surface area contributed by atoms with Crippen molar-refractivity contribution in [3.8, 4) is 5.69 Å². The molecule has 0 saturated heterocycles. The number of aryl methyl sites for hydroxylation is 1. The molecule has 2 heterocycles. The van der Waals surface area contributed by atoms with E-state index in [-0.39, 0.29) is 0 Å². The predicted octanol–water partition coefficient (Wildman–Crippen LogP) is 2.84. The number of aliphatic imine (C=N–C) groups is 1. The Morgan fingerprint density at radius 1 is 1.15 bits per heavy atom. The molecular formula is C20H26N6S. The predicted molar refractivity (Wildman–Crippen MR) is 112 cm³/mol. The molecule has 0 aliphatic rings. The van der Waals surface area contributed by atoms with Crippen LogP contribution in [0, 0.1) is 0 Å². The molecule has 0 aliphatic carbocycles. The lowest BCUT2D eigenvalue weighted by atomic mass is 10.1. The van der Waals surface area contributed by atoms with Gasteiger partial charge in [-0.15, -0.1) is 11.3 Å². The number of nitrogens with one attached hydrogen (secondary N) is 2. The molecule has 3 aromatic rings. The molecule has 7 heteroatoms. The van der Waals surface area contributed by atoms with Crippen LogP contribution in [-0.2, 0) is 19.3 Å². The van der Waals surface area contributed by atoms with Crippen LogP contribution in [0.5, 0.6) is 0 Å². The fourth-order valence-corrected chi connectivity index (χ4v) is 3.50. The third-order valence-electron chi connectivity index (χ3n) is 4.21. The molecule has 142 valence electrons. The topological polar surface area (TPSA) is 67.1 Å². The summed E-state index contributed by atoms with van der Waals surface area (Å²) in [7, 11) is 1.80. The van der Waals surface area contributed by atoms with E-state index in [0.29, 0.717) is 0 Å². The van der Waals surface area contributed by atoms with Crippen LogP contribution in [0.2, 0.25) is 0 Å². The lowest BCUT2D eigenvalue weighted by Crippen LogP contribution is -2.39. The summed E-state index contributed by atoms with van der Waals surface area (Å²) < 4.78 is 1.86. The first-order chi connectivity index (χ1) is 13.3. The van der Waals surface area contributed by atoms with Gasteiger partial charge in [0.1, 0.15) is 0 Å². The summed E-state index contributed by atoms with van der Waals surface area (Å²) in [6, 6.07) is 10.4. The molecule has 6 nitrogen and oxygen atoms in total. The second-order valence-electron chi connectivity index (χ2n) is 6.13. The Kier molecular flexibility index (Phi) is 6.98. The molecule has 0 amide bonds. The molecule has 0 saturated carbocycles. The van der Waals surface area contributed by atoms with E-state index >= 15 is 0 Å². The first-order valence-corrected chi connectivity index (χ1v) is 10.1. The average molecular weight is 383 g/mol. The Morgan fingerprint density at radius 2 is 1.93 bits per heavy atom. The van der Waals surface area contributed by atoms with Gasteiger partial charge in [0.25, 0.3) is 0 Å². The SMILES string of the molecule is CCc1nc(CCNC(=NC)NCCc2ccc(-n3cccn3)cc2)cs1. The van der Waals surface area contributed by atoms with E-state index in [1.54, 1.807) is 24.6 Å². The first-order valence-electron chi connectivity index (χ1n) is 9.25. The van der Waals surface area contributed by atoms with Gasteiger partial charge in [-0.2, -0.15) is 5.10 Å². The van der Waals surface area contributed by atoms with E-state index in [9.17, 15) is 0 Å². The highest BCUT2D eigenvalue weighted by atomic mass is 32.1. The second kappa shape index (κ2) is 9.87. The van der Waals surface area contributed by atoms with Crippen LogP contribution in [0.15, 0.2) is 53.1 Å². The molecule has 0 unspecified atom stereocenters. The summed E-state index contributed by atoms with van der Waals surface area (Å²) in [5.74, 6) is 0.828. The number of guanidine groups is 1. The Bertz CT molecular complexity index is 836. The van der Waals surface area contributed by atoms with E-state index in [0.717, 1.165) is 49.7 Å². The quantitative estimate of drug-likeness (QED) is 0.464. The molecule has 1 aromatic carbocycles. The van der Waals surface area contributed by atoms with Gasteiger partial charge >= 0.3 is 0 Å². The number of thiazole rings is 1. The Labute approximate surface area is 164 Å². The van der Waals surface area contributed by atoms with Crippen molar-refractivity contribution in [2.24, 2.45) is 4.99 Å². The molecule has 2 aromatic heterocycles. The van der Waals surface area contributed by atoms with Crippen molar-refractivity contribution in [3.05, 3.63) is 64.4 Å². The first kappa shape index (κ1) is 19.1. The van der Waals surface area contributed by atoms with Crippen molar-refractivity contribution in [3.63, 3.8) is 0 Å². The van der Waals surface area contributed by atoms with Gasteiger partial charge in [0.2, 0.25) is 0 Å². The zero-order valence-corrected chi connectivity index (χ0v) is 16.7. The van der Waals surface area contributed by atoms with E-state index < -0.39 is 0 Å². The standard InChI is InChI=1S/C20H26N6S/c1-3-19-25-17(15-27-19)10-13-23-20(21-2)22-12-9-16-5-7-18(8-6-16)26-14-4-11-24-26/h4-8,11,14-15H,3,9-10,12-13H2,1-2H3,(H2,21,22,23). The molecule has 27 heavy (non-hydrogen) atoms. The highest BCUT2D eigenvalue weighted by molar-refractivity contribution is 7.09. The smallest absolute Gasteiger partial charge is 0.190 e. The summed E-state index contributed by atoms with van der Waals surface area (Å²) >= 11 is 1.74. The zero-order chi connectivity index (χ0) is 18.9. The molecule has 0 atom stereocenters. The van der Waals surface area contributed by atoms with Crippen molar-refractivity contribution in [1.29, 1.82) is 0 Å². The highest BCUT2D eigenvalue weighted by Gasteiger charge is 2.02. The number of nitrogens with zero attached hydrogens (tertiary/aromatic N) is 4. The summed E-state index contributed by atoms with van der Waals surface area (Å²) in [4.78, 5) is 8.88. The largest absolute Gasteiger partial charge is 0.356 e. The molecule has 2 N–H and O–H groups in total. The molecule has 0 aliphatic heterocycles. The van der Waals surface area contributed by atoms with Crippen LogP contribution in [0.3, 0.4) is 0 Å². The molecule has 0 radical (unpaired) electrons. The number of rotatable bonds is 8.